The molecule has 0 aliphatic carbocycles. The molecule has 324 valence electrons. The van der Waals surface area contributed by atoms with Gasteiger partial charge in [-0.2, -0.15) is 5.10 Å². The molecule has 2 atom stereocenters. The Bertz CT molecular complexity index is 2310. The largest absolute Gasteiger partial charge is 0.457 e. The van der Waals surface area contributed by atoms with Crippen molar-refractivity contribution in [3.8, 4) is 22.8 Å². The van der Waals surface area contributed by atoms with E-state index in [1.54, 1.807) is 4.90 Å². The minimum absolute atomic E-state index is 0.122. The number of aromatic nitrogens is 2. The van der Waals surface area contributed by atoms with Crippen LogP contribution in [0.15, 0.2) is 72.8 Å². The Balaban J connectivity index is 0.690. The molecule has 10 rings (SSSR count). The second-order valence-corrected chi connectivity index (χ2v) is 18.2. The van der Waals surface area contributed by atoms with Crippen molar-refractivity contribution in [2.45, 2.75) is 82.5 Å². The lowest BCUT2D eigenvalue weighted by Crippen LogP contribution is -2.52. The maximum absolute atomic E-state index is 13.2. The molecule has 62 heavy (non-hydrogen) atoms. The van der Waals surface area contributed by atoms with Gasteiger partial charge in [-0.05, 0) is 150 Å². The molecule has 14 heteroatoms. The summed E-state index contributed by atoms with van der Waals surface area (Å²) in [5.41, 5.74) is 10.7. The van der Waals surface area contributed by atoms with E-state index in [2.05, 4.69) is 42.1 Å². The average molecular weight is 840 g/mol. The fourth-order valence-corrected chi connectivity index (χ4v) is 11.1. The topological polar surface area (TPSA) is 158 Å². The molecule has 1 aromatic heterocycles. The third-order valence-electron chi connectivity index (χ3n) is 14.5. The van der Waals surface area contributed by atoms with Gasteiger partial charge in [0.25, 0.3) is 11.8 Å². The molecule has 0 radical (unpaired) electrons. The van der Waals surface area contributed by atoms with Gasteiger partial charge in [0.15, 0.2) is 0 Å². The van der Waals surface area contributed by atoms with E-state index >= 15 is 0 Å². The molecule has 4 aromatic rings. The van der Waals surface area contributed by atoms with Gasteiger partial charge in [0.2, 0.25) is 11.8 Å². The number of amides is 4. The van der Waals surface area contributed by atoms with Crippen LogP contribution in [0, 0.1) is 11.8 Å². The number of nitrogens with one attached hydrogen (secondary N) is 2. The number of rotatable bonds is 10. The number of imide groups is 1. The summed E-state index contributed by atoms with van der Waals surface area (Å²) < 4.78 is 8.07. The van der Waals surface area contributed by atoms with Crippen molar-refractivity contribution < 1.29 is 23.9 Å². The Kier molecular flexibility index (Phi) is 11.2. The SMILES string of the molecule is NC(=O)c1c(-c2ccc(Oc3ccccc3)cc2)nn2c1NCC[C@H]2C1CCN(C2CCN(CC3CCN(c4ccc5c(c4)CN(C4CCC(=O)NC4=O)C5=O)CC3)CC2)CC1. The van der Waals surface area contributed by atoms with Gasteiger partial charge in [-0.1, -0.05) is 18.2 Å². The molecular weight excluding hydrogens is 783 g/mol. The van der Waals surface area contributed by atoms with Crippen LogP contribution in [0.1, 0.15) is 90.1 Å². The van der Waals surface area contributed by atoms with Crippen molar-refractivity contribution in [1.82, 2.24) is 29.8 Å². The van der Waals surface area contributed by atoms with Crippen LogP contribution in [0.4, 0.5) is 11.5 Å². The minimum Gasteiger partial charge on any atom is -0.457 e. The minimum atomic E-state index is -0.589. The number of hydrogen-bond acceptors (Lipinski definition) is 10. The summed E-state index contributed by atoms with van der Waals surface area (Å²) >= 11 is 0. The smallest absolute Gasteiger partial charge is 0.255 e. The maximum Gasteiger partial charge on any atom is 0.255 e. The van der Waals surface area contributed by atoms with Gasteiger partial charge in [0, 0.05) is 62.0 Å². The second-order valence-electron chi connectivity index (χ2n) is 18.2. The highest BCUT2D eigenvalue weighted by molar-refractivity contribution is 6.06. The number of para-hydroxylation sites is 1. The molecule has 4 fully saturated rings. The third kappa shape index (κ3) is 8.06. The molecule has 0 bridgehead atoms. The maximum atomic E-state index is 13.2. The van der Waals surface area contributed by atoms with Crippen molar-refractivity contribution in [1.29, 1.82) is 0 Å². The molecule has 7 heterocycles. The van der Waals surface area contributed by atoms with Crippen LogP contribution < -0.4 is 26.0 Å². The Morgan fingerprint density at radius 2 is 1.55 bits per heavy atom. The number of fused-ring (bicyclic) bond motifs is 2. The van der Waals surface area contributed by atoms with Crippen LogP contribution in [0.3, 0.4) is 0 Å². The van der Waals surface area contributed by atoms with E-state index in [1.807, 2.05) is 60.7 Å². The average Bonchev–Trinajstić information content (AvgIpc) is 3.85. The molecule has 4 amide bonds. The van der Waals surface area contributed by atoms with E-state index in [1.165, 1.54) is 12.8 Å². The molecule has 0 saturated carbocycles. The predicted molar refractivity (Wildman–Crippen MR) is 236 cm³/mol. The molecule has 4 saturated heterocycles. The van der Waals surface area contributed by atoms with Gasteiger partial charge in [0.1, 0.15) is 34.6 Å². The lowest BCUT2D eigenvalue weighted by atomic mass is 9.85. The van der Waals surface area contributed by atoms with Gasteiger partial charge in [-0.15, -0.1) is 0 Å². The Morgan fingerprint density at radius 3 is 2.27 bits per heavy atom. The summed E-state index contributed by atoms with van der Waals surface area (Å²) in [7, 11) is 0. The van der Waals surface area contributed by atoms with Crippen molar-refractivity contribution in [3.05, 3.63) is 89.5 Å². The van der Waals surface area contributed by atoms with Gasteiger partial charge >= 0.3 is 0 Å². The van der Waals surface area contributed by atoms with Crippen molar-refractivity contribution in [2.24, 2.45) is 17.6 Å². The molecule has 14 nitrogen and oxygen atoms in total. The number of hydrogen-bond donors (Lipinski definition) is 3. The summed E-state index contributed by atoms with van der Waals surface area (Å²) in [4.78, 5) is 59.8. The quantitative estimate of drug-likeness (QED) is 0.171. The van der Waals surface area contributed by atoms with Crippen LogP contribution in [0.5, 0.6) is 11.5 Å². The first kappa shape index (κ1) is 40.3. The lowest BCUT2D eigenvalue weighted by molar-refractivity contribution is -0.136. The number of ether oxygens (including phenoxy) is 1. The summed E-state index contributed by atoms with van der Waals surface area (Å²) in [6.07, 6.45) is 8.57. The molecule has 6 aliphatic rings. The van der Waals surface area contributed by atoms with Gasteiger partial charge in [-0.25, -0.2) is 4.68 Å². The summed E-state index contributed by atoms with van der Waals surface area (Å²) in [6, 6.07) is 23.8. The molecular formula is C48H57N9O5. The number of likely N-dealkylation sites (tertiary alicyclic amines) is 2. The summed E-state index contributed by atoms with van der Waals surface area (Å²) in [6.45, 7) is 8.85. The number of anilines is 2. The Labute approximate surface area is 362 Å². The first-order valence-corrected chi connectivity index (χ1v) is 22.7. The lowest BCUT2D eigenvalue weighted by Gasteiger charge is -2.44. The molecule has 4 N–H and O–H groups in total. The molecule has 3 aromatic carbocycles. The van der Waals surface area contributed by atoms with Crippen LogP contribution in [-0.2, 0) is 16.1 Å². The Morgan fingerprint density at radius 1 is 0.806 bits per heavy atom. The number of carbonyl (C=O) groups is 4. The van der Waals surface area contributed by atoms with E-state index in [4.69, 9.17) is 15.6 Å². The number of carbonyl (C=O) groups excluding carboxylic acids is 4. The zero-order chi connectivity index (χ0) is 42.3. The normalized spacial score (nSPS) is 23.2. The summed E-state index contributed by atoms with van der Waals surface area (Å²) in [5.74, 6) is 2.16. The van der Waals surface area contributed by atoms with Gasteiger partial charge in [-0.3, -0.25) is 24.5 Å². The first-order valence-electron chi connectivity index (χ1n) is 22.7. The van der Waals surface area contributed by atoms with Crippen molar-refractivity contribution >= 4 is 35.1 Å². The van der Waals surface area contributed by atoms with E-state index < -0.39 is 11.9 Å². The van der Waals surface area contributed by atoms with E-state index in [-0.39, 0.29) is 30.2 Å². The fourth-order valence-electron chi connectivity index (χ4n) is 11.1. The van der Waals surface area contributed by atoms with Crippen LogP contribution >= 0.6 is 0 Å². The number of piperidine rings is 4. The Hall–Kier alpha value is -5.73. The first-order chi connectivity index (χ1) is 30.3. The standard InChI is InChI=1S/C48H57N9O5/c49-45(59)43-44(33-6-9-38(10-7-33)62-37-4-2-1-3-5-37)52-57-40(14-21-50-46(43)57)32-17-26-54(27-18-32)35-19-22-53(23-20-35)29-31-15-24-55(25-16-31)36-8-11-39-34(28-36)30-56(48(39)61)41-12-13-42(58)51-47(41)60/h1-11,28,31-32,35,40-41,50H,12-27,29-30H2,(H2,49,59)(H,51,58,60)/t40-,41?/m0/s1. The monoisotopic (exact) mass is 839 g/mol. The zero-order valence-electron chi connectivity index (χ0n) is 35.3. The highest BCUT2D eigenvalue weighted by atomic mass is 16.5. The van der Waals surface area contributed by atoms with Crippen LogP contribution in [-0.4, -0.2) is 113 Å². The van der Waals surface area contributed by atoms with Gasteiger partial charge < -0.3 is 35.4 Å². The summed E-state index contributed by atoms with van der Waals surface area (Å²) in [5, 5.41) is 11.0. The fraction of sp³-hybridized carbons (Fsp3) is 0.479. The highest BCUT2D eigenvalue weighted by Gasteiger charge is 2.40. The second kappa shape index (κ2) is 17.2. The number of nitrogens with zero attached hydrogens (tertiary/aromatic N) is 6. The van der Waals surface area contributed by atoms with Crippen molar-refractivity contribution in [3.63, 3.8) is 0 Å². The molecule has 1 unspecified atom stereocenters. The van der Waals surface area contributed by atoms with E-state index in [0.717, 1.165) is 113 Å². The van der Waals surface area contributed by atoms with Crippen LogP contribution in [0.2, 0.25) is 0 Å². The van der Waals surface area contributed by atoms with Gasteiger partial charge in [0.05, 0.1) is 6.04 Å². The van der Waals surface area contributed by atoms with Crippen molar-refractivity contribution in [2.75, 3.05) is 62.6 Å². The van der Waals surface area contributed by atoms with E-state index in [0.29, 0.717) is 53.4 Å². The zero-order valence-corrected chi connectivity index (χ0v) is 35.3. The number of nitrogens with two attached hydrogens (primary N) is 1. The highest BCUT2D eigenvalue weighted by Crippen LogP contribution is 2.41. The predicted octanol–water partition coefficient (Wildman–Crippen LogP) is 5.65. The number of primary amides is 1. The van der Waals surface area contributed by atoms with Crippen LogP contribution in [0.25, 0.3) is 11.3 Å². The van der Waals surface area contributed by atoms with E-state index in [9.17, 15) is 19.2 Å². The third-order valence-corrected chi connectivity index (χ3v) is 14.5. The molecule has 0 spiro atoms. The number of benzene rings is 3. The molecule has 6 aliphatic heterocycles.